The van der Waals surface area contributed by atoms with E-state index < -0.39 is 0 Å². The maximum atomic E-state index is 11.9. The number of rotatable bonds is 4. The van der Waals surface area contributed by atoms with Crippen molar-refractivity contribution in [2.24, 2.45) is 0 Å². The quantitative estimate of drug-likeness (QED) is 0.814. The van der Waals surface area contributed by atoms with Crippen LogP contribution in [0.5, 0.6) is 0 Å². The van der Waals surface area contributed by atoms with Gasteiger partial charge >= 0.3 is 0 Å². The van der Waals surface area contributed by atoms with Crippen LogP contribution in [0.25, 0.3) is 0 Å². The molecule has 0 aliphatic carbocycles. The number of halogens is 1. The number of carbonyl (C=O) groups is 1. The van der Waals surface area contributed by atoms with Crippen molar-refractivity contribution in [1.29, 1.82) is 0 Å². The second-order valence-corrected chi connectivity index (χ2v) is 4.47. The standard InChI is InChI=1S/C10H13ClN2OS/c1-13(5-6-15-2)10(14)8-3-4-12-7-9(8)11/h3-4,7H,5-6H2,1-2H3. The second kappa shape index (κ2) is 5.98. The summed E-state index contributed by atoms with van der Waals surface area (Å²) >= 11 is 7.59. The Labute approximate surface area is 98.8 Å². The van der Waals surface area contributed by atoms with Crippen LogP contribution in [0.15, 0.2) is 18.5 Å². The van der Waals surface area contributed by atoms with E-state index in [9.17, 15) is 4.79 Å². The average Bonchev–Trinajstić information content (AvgIpc) is 2.25. The van der Waals surface area contributed by atoms with Crippen molar-refractivity contribution in [2.45, 2.75) is 0 Å². The van der Waals surface area contributed by atoms with Crippen LogP contribution in [0.1, 0.15) is 10.4 Å². The Bertz CT molecular complexity index is 346. The summed E-state index contributed by atoms with van der Waals surface area (Å²) in [6.07, 6.45) is 5.07. The highest BCUT2D eigenvalue weighted by Gasteiger charge is 2.13. The van der Waals surface area contributed by atoms with Gasteiger partial charge in [-0.3, -0.25) is 9.78 Å². The maximum Gasteiger partial charge on any atom is 0.255 e. The predicted octanol–water partition coefficient (Wildman–Crippen LogP) is 2.17. The Kier molecular flexibility index (Phi) is 4.91. The lowest BCUT2D eigenvalue weighted by atomic mass is 10.2. The molecule has 0 fully saturated rings. The van der Waals surface area contributed by atoms with Gasteiger partial charge in [-0.15, -0.1) is 0 Å². The lowest BCUT2D eigenvalue weighted by Crippen LogP contribution is -2.29. The van der Waals surface area contributed by atoms with Crippen LogP contribution >= 0.6 is 23.4 Å². The molecule has 0 saturated carbocycles. The third-order valence-electron chi connectivity index (χ3n) is 1.98. The van der Waals surface area contributed by atoms with Crippen molar-refractivity contribution in [3.8, 4) is 0 Å². The Hall–Kier alpha value is -0.740. The molecule has 1 aromatic rings. The first-order valence-corrected chi connectivity index (χ1v) is 6.28. The average molecular weight is 245 g/mol. The summed E-state index contributed by atoms with van der Waals surface area (Å²) in [7, 11) is 1.77. The number of aromatic nitrogens is 1. The van der Waals surface area contributed by atoms with Gasteiger partial charge in [0.1, 0.15) is 0 Å². The molecule has 0 unspecified atom stereocenters. The van der Waals surface area contributed by atoms with E-state index in [4.69, 9.17) is 11.6 Å². The zero-order valence-electron chi connectivity index (χ0n) is 8.74. The molecule has 1 amide bonds. The molecular weight excluding hydrogens is 232 g/mol. The third kappa shape index (κ3) is 3.39. The largest absolute Gasteiger partial charge is 0.341 e. The minimum absolute atomic E-state index is 0.0588. The zero-order chi connectivity index (χ0) is 11.3. The summed E-state index contributed by atoms with van der Waals surface area (Å²) in [5, 5.41) is 0.401. The van der Waals surface area contributed by atoms with Gasteiger partial charge in [0.25, 0.3) is 5.91 Å². The lowest BCUT2D eigenvalue weighted by molar-refractivity contribution is 0.0804. The van der Waals surface area contributed by atoms with Gasteiger partial charge in [0.15, 0.2) is 0 Å². The Morgan fingerprint density at radius 2 is 2.40 bits per heavy atom. The van der Waals surface area contributed by atoms with Gasteiger partial charge in [-0.25, -0.2) is 0 Å². The molecule has 0 aliphatic rings. The van der Waals surface area contributed by atoms with Gasteiger partial charge in [-0.05, 0) is 12.3 Å². The van der Waals surface area contributed by atoms with Crippen molar-refractivity contribution < 1.29 is 4.79 Å². The molecule has 0 radical (unpaired) electrons. The molecule has 0 bridgehead atoms. The number of hydrogen-bond acceptors (Lipinski definition) is 3. The van der Waals surface area contributed by atoms with Crippen LogP contribution in [0.3, 0.4) is 0 Å². The molecule has 0 aliphatic heterocycles. The van der Waals surface area contributed by atoms with Gasteiger partial charge < -0.3 is 4.90 Å². The first kappa shape index (κ1) is 12.3. The van der Waals surface area contributed by atoms with Crippen LogP contribution < -0.4 is 0 Å². The summed E-state index contributed by atoms with van der Waals surface area (Å²) in [4.78, 5) is 17.4. The Morgan fingerprint density at radius 1 is 1.67 bits per heavy atom. The highest BCUT2D eigenvalue weighted by atomic mass is 35.5. The van der Waals surface area contributed by atoms with Gasteiger partial charge in [-0.2, -0.15) is 11.8 Å². The smallest absolute Gasteiger partial charge is 0.255 e. The zero-order valence-corrected chi connectivity index (χ0v) is 10.3. The minimum atomic E-state index is -0.0588. The Morgan fingerprint density at radius 3 is 3.00 bits per heavy atom. The molecule has 0 spiro atoms. The van der Waals surface area contributed by atoms with E-state index in [-0.39, 0.29) is 5.91 Å². The van der Waals surface area contributed by atoms with Crippen molar-refractivity contribution in [3.05, 3.63) is 29.0 Å². The maximum absolute atomic E-state index is 11.9. The summed E-state index contributed by atoms with van der Waals surface area (Å²) < 4.78 is 0. The normalized spacial score (nSPS) is 10.1. The molecule has 0 aromatic carbocycles. The number of amides is 1. The van der Waals surface area contributed by atoms with E-state index in [1.54, 1.807) is 36.0 Å². The van der Waals surface area contributed by atoms with Crippen molar-refractivity contribution in [3.63, 3.8) is 0 Å². The number of carbonyl (C=O) groups excluding carboxylic acids is 1. The van der Waals surface area contributed by atoms with Gasteiger partial charge in [-0.1, -0.05) is 11.6 Å². The second-order valence-electron chi connectivity index (χ2n) is 3.08. The van der Waals surface area contributed by atoms with Gasteiger partial charge in [0.2, 0.25) is 0 Å². The summed E-state index contributed by atoms with van der Waals surface area (Å²) in [6.45, 7) is 0.721. The highest BCUT2D eigenvalue weighted by molar-refractivity contribution is 7.98. The van der Waals surface area contributed by atoms with E-state index in [0.717, 1.165) is 12.3 Å². The van der Waals surface area contributed by atoms with E-state index in [1.807, 2.05) is 6.26 Å². The third-order valence-corrected chi connectivity index (χ3v) is 2.87. The number of pyridine rings is 1. The first-order valence-electron chi connectivity index (χ1n) is 4.50. The van der Waals surface area contributed by atoms with Crippen molar-refractivity contribution in [1.82, 2.24) is 9.88 Å². The highest BCUT2D eigenvalue weighted by Crippen LogP contribution is 2.15. The fourth-order valence-corrected chi connectivity index (χ4v) is 1.74. The molecular formula is C10H13ClN2OS. The molecule has 0 saturated heterocycles. The van der Waals surface area contributed by atoms with Crippen LogP contribution in [-0.2, 0) is 0 Å². The summed E-state index contributed by atoms with van der Waals surface area (Å²) in [5.41, 5.74) is 0.510. The first-order chi connectivity index (χ1) is 7.16. The van der Waals surface area contributed by atoms with E-state index in [0.29, 0.717) is 10.6 Å². The van der Waals surface area contributed by atoms with E-state index >= 15 is 0 Å². The molecule has 0 N–H and O–H groups in total. The number of thioether (sulfide) groups is 1. The van der Waals surface area contributed by atoms with Gasteiger partial charge in [0, 0.05) is 31.7 Å². The molecule has 1 aromatic heterocycles. The molecule has 3 nitrogen and oxygen atoms in total. The molecule has 82 valence electrons. The number of nitrogens with zero attached hydrogens (tertiary/aromatic N) is 2. The Balaban J connectivity index is 2.72. The molecule has 1 rings (SSSR count). The van der Waals surface area contributed by atoms with Crippen molar-refractivity contribution >= 4 is 29.3 Å². The SMILES string of the molecule is CSCCN(C)C(=O)c1ccncc1Cl. The van der Waals surface area contributed by atoms with Crippen LogP contribution in [0.2, 0.25) is 5.02 Å². The summed E-state index contributed by atoms with van der Waals surface area (Å²) in [5.74, 6) is 0.863. The predicted molar refractivity (Wildman–Crippen MR) is 64.6 cm³/mol. The minimum Gasteiger partial charge on any atom is -0.341 e. The molecule has 0 atom stereocenters. The topological polar surface area (TPSA) is 33.2 Å². The monoisotopic (exact) mass is 244 g/mol. The lowest BCUT2D eigenvalue weighted by Gasteiger charge is -2.16. The van der Waals surface area contributed by atoms with Crippen molar-refractivity contribution in [2.75, 3.05) is 25.6 Å². The van der Waals surface area contributed by atoms with Crippen LogP contribution in [0, 0.1) is 0 Å². The van der Waals surface area contributed by atoms with Crippen LogP contribution in [-0.4, -0.2) is 41.4 Å². The summed E-state index contributed by atoms with van der Waals surface area (Å²) in [6, 6.07) is 1.64. The molecule has 1 heterocycles. The van der Waals surface area contributed by atoms with Gasteiger partial charge in [0.05, 0.1) is 10.6 Å². The number of hydrogen-bond donors (Lipinski definition) is 0. The fourth-order valence-electron chi connectivity index (χ4n) is 1.08. The molecule has 5 heteroatoms. The van der Waals surface area contributed by atoms with E-state index in [1.165, 1.54) is 6.20 Å². The van der Waals surface area contributed by atoms with Crippen LogP contribution in [0.4, 0.5) is 0 Å². The molecule has 15 heavy (non-hydrogen) atoms. The van der Waals surface area contributed by atoms with E-state index in [2.05, 4.69) is 4.98 Å². The fraction of sp³-hybridized carbons (Fsp3) is 0.400.